The average Bonchev–Trinajstić information content (AvgIpc) is 3.35. The quantitative estimate of drug-likeness (QED) is 0.347. The Morgan fingerprint density at radius 2 is 1.91 bits per heavy atom. The highest BCUT2D eigenvalue weighted by Gasteiger charge is 2.09. The number of aryl methyl sites for hydroxylation is 3. The number of para-hydroxylation sites is 1. The third-order valence-corrected chi connectivity index (χ3v) is 5.38. The minimum Gasteiger partial charge on any atom is -0.357 e. The van der Waals surface area contributed by atoms with Crippen molar-refractivity contribution in [3.8, 4) is 5.69 Å². The number of aliphatic imine (C=N–C) groups is 1. The van der Waals surface area contributed by atoms with Crippen molar-refractivity contribution in [2.75, 3.05) is 13.1 Å². The first kappa shape index (κ1) is 21.6. The topological polar surface area (TPSA) is 71.5 Å². The Hall–Kier alpha value is -3.61. The molecule has 0 spiro atoms. The first-order valence-electron chi connectivity index (χ1n) is 11.1. The van der Waals surface area contributed by atoms with E-state index in [2.05, 4.69) is 71.4 Å². The lowest BCUT2D eigenvalue weighted by Crippen LogP contribution is -2.38. The smallest absolute Gasteiger partial charge is 0.191 e. The van der Waals surface area contributed by atoms with Gasteiger partial charge in [-0.25, -0.2) is 14.7 Å². The highest BCUT2D eigenvalue weighted by molar-refractivity contribution is 5.79. The van der Waals surface area contributed by atoms with E-state index >= 15 is 0 Å². The maximum atomic E-state index is 4.82. The molecule has 0 bridgehead atoms. The number of benzene rings is 1. The van der Waals surface area contributed by atoms with Gasteiger partial charge < -0.3 is 15.0 Å². The summed E-state index contributed by atoms with van der Waals surface area (Å²) in [5.74, 6) is 0.801. The number of pyridine rings is 1. The van der Waals surface area contributed by atoms with Crippen molar-refractivity contribution in [2.24, 2.45) is 4.99 Å². The van der Waals surface area contributed by atoms with Gasteiger partial charge in [0, 0.05) is 37.6 Å². The zero-order chi connectivity index (χ0) is 22.5. The molecule has 3 aromatic heterocycles. The van der Waals surface area contributed by atoms with Crippen LogP contribution in [0.2, 0.25) is 0 Å². The number of fused-ring (bicyclic) bond motifs is 1. The lowest BCUT2D eigenvalue weighted by atomic mass is 10.2. The molecule has 32 heavy (non-hydrogen) atoms. The van der Waals surface area contributed by atoms with E-state index in [-0.39, 0.29) is 0 Å². The highest BCUT2D eigenvalue weighted by atomic mass is 15.3. The van der Waals surface area contributed by atoms with Crippen molar-refractivity contribution in [3.05, 3.63) is 83.1 Å². The van der Waals surface area contributed by atoms with Gasteiger partial charge >= 0.3 is 0 Å². The molecule has 0 unspecified atom stereocenters. The second-order valence-corrected chi connectivity index (χ2v) is 7.99. The SMILES string of the molecule is CCNC(=NCc1ccccc1-n1nc(C)cc1C)NCCc1cn2cccc(C)c2n1. The van der Waals surface area contributed by atoms with Gasteiger partial charge in [-0.05, 0) is 57.0 Å². The van der Waals surface area contributed by atoms with E-state index in [0.717, 1.165) is 59.4 Å². The summed E-state index contributed by atoms with van der Waals surface area (Å²) in [6.07, 6.45) is 4.96. The molecule has 0 saturated heterocycles. The zero-order valence-corrected chi connectivity index (χ0v) is 19.3. The van der Waals surface area contributed by atoms with Crippen molar-refractivity contribution >= 4 is 11.6 Å². The van der Waals surface area contributed by atoms with Crippen molar-refractivity contribution < 1.29 is 0 Å². The molecular weight excluding hydrogens is 398 g/mol. The van der Waals surface area contributed by atoms with Crippen LogP contribution in [-0.2, 0) is 13.0 Å². The molecule has 4 rings (SSSR count). The Bertz CT molecular complexity index is 1230. The minimum atomic E-state index is 0.567. The van der Waals surface area contributed by atoms with Gasteiger partial charge in [0.25, 0.3) is 0 Å². The van der Waals surface area contributed by atoms with Crippen molar-refractivity contribution in [2.45, 2.75) is 40.7 Å². The summed E-state index contributed by atoms with van der Waals surface area (Å²) < 4.78 is 4.08. The largest absolute Gasteiger partial charge is 0.357 e. The third-order valence-electron chi connectivity index (χ3n) is 5.38. The van der Waals surface area contributed by atoms with Gasteiger partial charge in [-0.1, -0.05) is 24.3 Å². The lowest BCUT2D eigenvalue weighted by Gasteiger charge is -2.13. The first-order valence-corrected chi connectivity index (χ1v) is 11.1. The lowest BCUT2D eigenvalue weighted by molar-refractivity contribution is 0.785. The van der Waals surface area contributed by atoms with E-state index < -0.39 is 0 Å². The number of hydrogen-bond donors (Lipinski definition) is 2. The van der Waals surface area contributed by atoms with Gasteiger partial charge in [0.1, 0.15) is 5.65 Å². The maximum absolute atomic E-state index is 4.82. The van der Waals surface area contributed by atoms with Crippen LogP contribution < -0.4 is 10.6 Å². The average molecular weight is 430 g/mol. The standard InChI is InChI=1S/C25H31N7/c1-5-26-25(27-13-12-22-17-31-14-8-9-18(2)24(31)29-22)28-16-21-10-6-7-11-23(21)32-20(4)15-19(3)30-32/h6-11,14-15,17H,5,12-13,16H2,1-4H3,(H2,26,27,28). The maximum Gasteiger partial charge on any atom is 0.191 e. The van der Waals surface area contributed by atoms with Crippen molar-refractivity contribution in [3.63, 3.8) is 0 Å². The predicted octanol–water partition coefficient (Wildman–Crippen LogP) is 3.74. The molecule has 7 nitrogen and oxygen atoms in total. The molecule has 0 radical (unpaired) electrons. The van der Waals surface area contributed by atoms with E-state index in [4.69, 9.17) is 9.98 Å². The number of imidazole rings is 1. The predicted molar refractivity (Wildman–Crippen MR) is 129 cm³/mol. The minimum absolute atomic E-state index is 0.567. The molecule has 7 heteroatoms. The van der Waals surface area contributed by atoms with Crippen LogP contribution in [0.3, 0.4) is 0 Å². The summed E-state index contributed by atoms with van der Waals surface area (Å²) in [5, 5.41) is 11.4. The molecule has 0 saturated carbocycles. The molecule has 4 aromatic rings. The van der Waals surface area contributed by atoms with E-state index in [1.54, 1.807) is 0 Å². The summed E-state index contributed by atoms with van der Waals surface area (Å²) in [5.41, 5.74) is 7.60. The van der Waals surface area contributed by atoms with Gasteiger partial charge in [-0.2, -0.15) is 5.10 Å². The Morgan fingerprint density at radius 1 is 1.06 bits per heavy atom. The van der Waals surface area contributed by atoms with Crippen LogP contribution in [0.1, 0.15) is 35.1 Å². The fourth-order valence-electron chi connectivity index (χ4n) is 3.86. The van der Waals surface area contributed by atoms with Crippen LogP contribution in [0.25, 0.3) is 11.3 Å². The summed E-state index contributed by atoms with van der Waals surface area (Å²) in [7, 11) is 0. The Balaban J connectivity index is 1.44. The Kier molecular flexibility index (Phi) is 6.54. The molecule has 0 aliphatic carbocycles. The van der Waals surface area contributed by atoms with Gasteiger partial charge in [-0.3, -0.25) is 0 Å². The first-order chi connectivity index (χ1) is 15.5. The molecule has 166 valence electrons. The van der Waals surface area contributed by atoms with Gasteiger partial charge in [0.2, 0.25) is 0 Å². The normalized spacial score (nSPS) is 11.8. The number of nitrogens with one attached hydrogen (secondary N) is 2. The number of aromatic nitrogens is 4. The van der Waals surface area contributed by atoms with Crippen molar-refractivity contribution in [1.29, 1.82) is 0 Å². The van der Waals surface area contributed by atoms with Crippen molar-refractivity contribution in [1.82, 2.24) is 29.8 Å². The van der Waals surface area contributed by atoms with E-state index in [0.29, 0.717) is 6.54 Å². The summed E-state index contributed by atoms with van der Waals surface area (Å²) in [4.78, 5) is 9.58. The molecule has 1 aromatic carbocycles. The molecule has 0 aliphatic heterocycles. The fourth-order valence-corrected chi connectivity index (χ4v) is 3.86. The molecular formula is C25H31N7. The van der Waals surface area contributed by atoms with E-state index in [1.807, 2.05) is 36.0 Å². The monoisotopic (exact) mass is 429 g/mol. The second kappa shape index (κ2) is 9.68. The summed E-state index contributed by atoms with van der Waals surface area (Å²) >= 11 is 0. The van der Waals surface area contributed by atoms with Crippen LogP contribution >= 0.6 is 0 Å². The Labute approximate surface area is 189 Å². The van der Waals surface area contributed by atoms with E-state index in [1.165, 1.54) is 5.56 Å². The molecule has 0 fully saturated rings. The Morgan fingerprint density at radius 3 is 2.66 bits per heavy atom. The third kappa shape index (κ3) is 4.82. The van der Waals surface area contributed by atoms with Crippen LogP contribution in [0.15, 0.2) is 59.9 Å². The molecule has 0 amide bonds. The van der Waals surface area contributed by atoms with Gasteiger partial charge in [0.05, 0.1) is 23.6 Å². The molecule has 0 atom stereocenters. The summed E-state index contributed by atoms with van der Waals surface area (Å²) in [6.45, 7) is 10.4. The van der Waals surface area contributed by atoms with Gasteiger partial charge in [-0.15, -0.1) is 0 Å². The molecule has 2 N–H and O–H groups in total. The van der Waals surface area contributed by atoms with Crippen LogP contribution in [0.4, 0.5) is 0 Å². The number of guanidine groups is 1. The van der Waals surface area contributed by atoms with Gasteiger partial charge in [0.15, 0.2) is 5.96 Å². The molecule has 3 heterocycles. The summed E-state index contributed by atoms with van der Waals surface area (Å²) in [6, 6.07) is 14.5. The van der Waals surface area contributed by atoms with Crippen LogP contribution in [-0.4, -0.2) is 38.2 Å². The van der Waals surface area contributed by atoms with Crippen LogP contribution in [0.5, 0.6) is 0 Å². The second-order valence-electron chi connectivity index (χ2n) is 7.99. The van der Waals surface area contributed by atoms with Crippen LogP contribution in [0, 0.1) is 20.8 Å². The fraction of sp³-hybridized carbons (Fsp3) is 0.320. The number of hydrogen-bond acceptors (Lipinski definition) is 3. The highest BCUT2D eigenvalue weighted by Crippen LogP contribution is 2.18. The zero-order valence-electron chi connectivity index (χ0n) is 19.3. The van der Waals surface area contributed by atoms with E-state index in [9.17, 15) is 0 Å². The molecule has 0 aliphatic rings. The number of rotatable bonds is 7. The number of nitrogens with zero attached hydrogens (tertiary/aromatic N) is 5.